The molecular formula is C17H22N2O. The molecule has 106 valence electrons. The SMILES string of the molecule is CC1CCC(C)N(c2nc(CO)cc3ccccc23)C1. The van der Waals surface area contributed by atoms with Gasteiger partial charge in [0.1, 0.15) is 5.82 Å². The Morgan fingerprint density at radius 1 is 1.25 bits per heavy atom. The fraction of sp³-hybridized carbons (Fsp3) is 0.471. The Bertz CT molecular complexity index is 611. The highest BCUT2D eigenvalue weighted by Crippen LogP contribution is 2.32. The summed E-state index contributed by atoms with van der Waals surface area (Å²) in [6, 6.07) is 10.8. The van der Waals surface area contributed by atoms with Crippen molar-refractivity contribution in [3.05, 3.63) is 36.0 Å². The molecule has 2 heterocycles. The normalized spacial score (nSPS) is 23.2. The van der Waals surface area contributed by atoms with Crippen molar-refractivity contribution in [1.82, 2.24) is 4.98 Å². The van der Waals surface area contributed by atoms with Crippen LogP contribution in [-0.2, 0) is 6.61 Å². The van der Waals surface area contributed by atoms with E-state index in [0.29, 0.717) is 12.0 Å². The zero-order valence-electron chi connectivity index (χ0n) is 12.2. The number of aliphatic hydroxyl groups excluding tert-OH is 1. The monoisotopic (exact) mass is 270 g/mol. The quantitative estimate of drug-likeness (QED) is 0.909. The molecule has 1 aliphatic heterocycles. The van der Waals surface area contributed by atoms with Gasteiger partial charge in [-0.05, 0) is 37.1 Å². The summed E-state index contributed by atoms with van der Waals surface area (Å²) < 4.78 is 0. The number of hydrogen-bond donors (Lipinski definition) is 1. The lowest BCUT2D eigenvalue weighted by molar-refractivity contribution is 0.277. The summed E-state index contributed by atoms with van der Waals surface area (Å²) in [6.45, 7) is 5.62. The van der Waals surface area contributed by atoms with Crippen molar-refractivity contribution in [2.75, 3.05) is 11.4 Å². The van der Waals surface area contributed by atoms with Crippen molar-refractivity contribution >= 4 is 16.6 Å². The van der Waals surface area contributed by atoms with Gasteiger partial charge in [-0.3, -0.25) is 0 Å². The third-order valence-corrected chi connectivity index (χ3v) is 4.33. The number of rotatable bonds is 2. The lowest BCUT2D eigenvalue weighted by Crippen LogP contribution is -2.41. The van der Waals surface area contributed by atoms with Crippen molar-refractivity contribution in [2.45, 2.75) is 39.3 Å². The molecule has 2 atom stereocenters. The molecule has 0 spiro atoms. The van der Waals surface area contributed by atoms with Gasteiger partial charge in [-0.1, -0.05) is 31.2 Å². The van der Waals surface area contributed by atoms with E-state index in [-0.39, 0.29) is 6.61 Å². The third-order valence-electron chi connectivity index (χ3n) is 4.33. The van der Waals surface area contributed by atoms with E-state index in [0.717, 1.165) is 23.4 Å². The summed E-state index contributed by atoms with van der Waals surface area (Å²) in [6.07, 6.45) is 2.50. The van der Waals surface area contributed by atoms with Crippen LogP contribution in [0.25, 0.3) is 10.8 Å². The van der Waals surface area contributed by atoms with Crippen molar-refractivity contribution in [3.8, 4) is 0 Å². The predicted molar refractivity (Wildman–Crippen MR) is 82.9 cm³/mol. The molecular weight excluding hydrogens is 248 g/mol. The Morgan fingerprint density at radius 2 is 2.05 bits per heavy atom. The van der Waals surface area contributed by atoms with Crippen LogP contribution in [0.1, 0.15) is 32.4 Å². The van der Waals surface area contributed by atoms with Crippen molar-refractivity contribution in [3.63, 3.8) is 0 Å². The number of fused-ring (bicyclic) bond motifs is 1. The van der Waals surface area contributed by atoms with Crippen LogP contribution in [0.15, 0.2) is 30.3 Å². The highest BCUT2D eigenvalue weighted by atomic mass is 16.3. The zero-order chi connectivity index (χ0) is 14.1. The van der Waals surface area contributed by atoms with Gasteiger partial charge in [-0.2, -0.15) is 0 Å². The van der Waals surface area contributed by atoms with E-state index in [2.05, 4.69) is 36.9 Å². The minimum absolute atomic E-state index is 0.00436. The molecule has 1 aromatic heterocycles. The summed E-state index contributed by atoms with van der Waals surface area (Å²) in [5, 5.41) is 11.8. The first-order valence-electron chi connectivity index (χ1n) is 7.45. The molecule has 1 aliphatic rings. The molecule has 1 saturated heterocycles. The second kappa shape index (κ2) is 5.41. The Labute approximate surface area is 120 Å². The van der Waals surface area contributed by atoms with Gasteiger partial charge in [0.2, 0.25) is 0 Å². The molecule has 0 saturated carbocycles. The van der Waals surface area contributed by atoms with Crippen LogP contribution in [0, 0.1) is 5.92 Å². The van der Waals surface area contributed by atoms with E-state index >= 15 is 0 Å². The molecule has 2 aromatic rings. The van der Waals surface area contributed by atoms with E-state index in [1.165, 1.54) is 18.2 Å². The van der Waals surface area contributed by atoms with E-state index in [9.17, 15) is 5.11 Å². The molecule has 20 heavy (non-hydrogen) atoms. The van der Waals surface area contributed by atoms with Gasteiger partial charge in [0.15, 0.2) is 0 Å². The van der Waals surface area contributed by atoms with Gasteiger partial charge in [-0.15, -0.1) is 0 Å². The predicted octanol–water partition coefficient (Wildman–Crippen LogP) is 3.35. The van der Waals surface area contributed by atoms with Gasteiger partial charge in [-0.25, -0.2) is 4.98 Å². The number of aromatic nitrogens is 1. The molecule has 3 rings (SSSR count). The molecule has 0 aliphatic carbocycles. The minimum atomic E-state index is -0.00436. The van der Waals surface area contributed by atoms with E-state index in [1.54, 1.807) is 0 Å². The molecule has 3 heteroatoms. The molecule has 0 radical (unpaired) electrons. The average molecular weight is 270 g/mol. The van der Waals surface area contributed by atoms with Crippen LogP contribution in [0.4, 0.5) is 5.82 Å². The third kappa shape index (κ3) is 2.38. The fourth-order valence-electron chi connectivity index (χ4n) is 3.12. The number of piperidine rings is 1. The van der Waals surface area contributed by atoms with E-state index in [4.69, 9.17) is 4.98 Å². The van der Waals surface area contributed by atoms with Gasteiger partial charge in [0, 0.05) is 18.0 Å². The van der Waals surface area contributed by atoms with Crippen LogP contribution in [0.2, 0.25) is 0 Å². The highest BCUT2D eigenvalue weighted by Gasteiger charge is 2.25. The maximum atomic E-state index is 9.46. The van der Waals surface area contributed by atoms with E-state index < -0.39 is 0 Å². The lowest BCUT2D eigenvalue weighted by Gasteiger charge is -2.38. The largest absolute Gasteiger partial charge is 0.390 e. The van der Waals surface area contributed by atoms with Crippen LogP contribution in [-0.4, -0.2) is 22.7 Å². The molecule has 2 unspecified atom stereocenters. The number of benzene rings is 1. The van der Waals surface area contributed by atoms with Crippen molar-refractivity contribution in [2.24, 2.45) is 5.92 Å². The van der Waals surface area contributed by atoms with Crippen molar-refractivity contribution < 1.29 is 5.11 Å². The highest BCUT2D eigenvalue weighted by molar-refractivity contribution is 5.92. The van der Waals surface area contributed by atoms with Crippen LogP contribution >= 0.6 is 0 Å². The summed E-state index contributed by atoms with van der Waals surface area (Å²) in [5.74, 6) is 1.73. The molecule has 0 bridgehead atoms. The lowest BCUT2D eigenvalue weighted by atomic mass is 9.94. The Kier molecular flexibility index (Phi) is 3.62. The number of pyridine rings is 1. The minimum Gasteiger partial charge on any atom is -0.390 e. The van der Waals surface area contributed by atoms with Gasteiger partial charge >= 0.3 is 0 Å². The number of aliphatic hydroxyl groups is 1. The number of anilines is 1. The molecule has 3 nitrogen and oxygen atoms in total. The van der Waals surface area contributed by atoms with Gasteiger partial charge in [0.25, 0.3) is 0 Å². The summed E-state index contributed by atoms with van der Waals surface area (Å²) >= 11 is 0. The van der Waals surface area contributed by atoms with Crippen LogP contribution in [0.5, 0.6) is 0 Å². The summed E-state index contributed by atoms with van der Waals surface area (Å²) in [4.78, 5) is 7.12. The summed E-state index contributed by atoms with van der Waals surface area (Å²) in [7, 11) is 0. The number of hydrogen-bond acceptors (Lipinski definition) is 3. The van der Waals surface area contributed by atoms with Gasteiger partial charge < -0.3 is 10.0 Å². The number of nitrogens with zero attached hydrogens (tertiary/aromatic N) is 2. The second-order valence-corrected chi connectivity index (χ2v) is 6.00. The second-order valence-electron chi connectivity index (χ2n) is 6.00. The van der Waals surface area contributed by atoms with Crippen LogP contribution < -0.4 is 4.90 Å². The van der Waals surface area contributed by atoms with Crippen LogP contribution in [0.3, 0.4) is 0 Å². The topological polar surface area (TPSA) is 36.4 Å². The fourth-order valence-corrected chi connectivity index (χ4v) is 3.12. The molecule has 0 amide bonds. The average Bonchev–Trinajstić information content (AvgIpc) is 2.48. The zero-order valence-corrected chi connectivity index (χ0v) is 12.2. The maximum Gasteiger partial charge on any atom is 0.137 e. The first-order chi connectivity index (χ1) is 9.69. The first-order valence-corrected chi connectivity index (χ1v) is 7.45. The smallest absolute Gasteiger partial charge is 0.137 e. The Morgan fingerprint density at radius 3 is 2.85 bits per heavy atom. The molecule has 1 aromatic carbocycles. The first kappa shape index (κ1) is 13.4. The van der Waals surface area contributed by atoms with Crippen molar-refractivity contribution in [1.29, 1.82) is 0 Å². The molecule has 1 N–H and O–H groups in total. The van der Waals surface area contributed by atoms with E-state index in [1.807, 2.05) is 12.1 Å². The summed E-state index contributed by atoms with van der Waals surface area (Å²) in [5.41, 5.74) is 0.754. The Balaban J connectivity index is 2.13. The maximum absolute atomic E-state index is 9.46. The Hall–Kier alpha value is -1.61. The van der Waals surface area contributed by atoms with Gasteiger partial charge in [0.05, 0.1) is 12.3 Å². The standard InChI is InChI=1S/C17H22N2O/c1-12-7-8-13(2)19(10-12)17-16-6-4-3-5-14(16)9-15(11-20)18-17/h3-6,9,12-13,20H,7-8,10-11H2,1-2H3. The molecule has 1 fully saturated rings.